The zero-order valence-electron chi connectivity index (χ0n) is 26.3. The van der Waals surface area contributed by atoms with Crippen molar-refractivity contribution in [1.29, 1.82) is 10.5 Å². The van der Waals surface area contributed by atoms with Crippen molar-refractivity contribution in [3.05, 3.63) is 34.4 Å². The molecule has 15 heteroatoms. The number of alkyl halides is 2. The maximum atomic E-state index is 17.2. The number of hydrogen-bond acceptors (Lipinski definition) is 10. The molecule has 5 atom stereocenters. The minimum absolute atomic E-state index is 0.0130. The summed E-state index contributed by atoms with van der Waals surface area (Å²) in [4.78, 5) is 12.9. The fraction of sp³-hybridized carbons (Fsp3) is 0.471. The van der Waals surface area contributed by atoms with E-state index in [1.807, 2.05) is 6.07 Å². The van der Waals surface area contributed by atoms with Gasteiger partial charge in [0.05, 0.1) is 50.8 Å². The van der Waals surface area contributed by atoms with E-state index in [2.05, 4.69) is 27.9 Å². The van der Waals surface area contributed by atoms with Gasteiger partial charge in [0.1, 0.15) is 40.9 Å². The topological polar surface area (TPSA) is 124 Å². The lowest BCUT2D eigenvalue weighted by Gasteiger charge is -2.32. The second-order valence-electron chi connectivity index (χ2n) is 13.6. The van der Waals surface area contributed by atoms with E-state index < -0.39 is 42.7 Å². The fourth-order valence-corrected chi connectivity index (χ4v) is 9.87. The first-order chi connectivity index (χ1) is 23.5. The van der Waals surface area contributed by atoms with Crippen LogP contribution < -0.4 is 20.1 Å². The highest BCUT2D eigenvalue weighted by atomic mass is 35.5. The van der Waals surface area contributed by atoms with Gasteiger partial charge in [0.15, 0.2) is 11.6 Å². The number of nitrogen functional groups attached to an aromatic ring is 1. The summed E-state index contributed by atoms with van der Waals surface area (Å²) in [5.41, 5.74) is 5.38. The molecule has 3 unspecified atom stereocenters. The molecular formula is C34H30ClF4N7O2S. The number of ether oxygens (including phenoxy) is 2. The van der Waals surface area contributed by atoms with Gasteiger partial charge in [-0.15, -0.1) is 11.3 Å². The van der Waals surface area contributed by atoms with E-state index in [0.717, 1.165) is 49.8 Å². The Morgan fingerprint density at radius 3 is 2.80 bits per heavy atom. The third-order valence-corrected chi connectivity index (χ3v) is 11.9. The van der Waals surface area contributed by atoms with Crippen LogP contribution in [-0.2, 0) is 0 Å². The zero-order valence-corrected chi connectivity index (χ0v) is 27.9. The van der Waals surface area contributed by atoms with Crippen molar-refractivity contribution in [2.24, 2.45) is 11.8 Å². The number of aromatic nitrogens is 2. The van der Waals surface area contributed by atoms with Crippen molar-refractivity contribution < 1.29 is 27.0 Å². The van der Waals surface area contributed by atoms with E-state index >= 15 is 8.78 Å². The van der Waals surface area contributed by atoms with Crippen LogP contribution in [0.3, 0.4) is 0 Å². The number of nitrogens with two attached hydrogens (primary N) is 1. The van der Waals surface area contributed by atoms with Crippen molar-refractivity contribution in [1.82, 2.24) is 14.9 Å². The van der Waals surface area contributed by atoms with Gasteiger partial charge >= 0.3 is 6.01 Å². The predicted octanol–water partition coefficient (Wildman–Crippen LogP) is 7.28. The predicted molar refractivity (Wildman–Crippen MR) is 177 cm³/mol. The van der Waals surface area contributed by atoms with Gasteiger partial charge in [0.25, 0.3) is 6.43 Å². The molecule has 9 nitrogen and oxygen atoms in total. The molecule has 49 heavy (non-hydrogen) atoms. The summed E-state index contributed by atoms with van der Waals surface area (Å²) in [5.74, 6) is -1.72. The van der Waals surface area contributed by atoms with E-state index in [0.29, 0.717) is 5.92 Å². The summed E-state index contributed by atoms with van der Waals surface area (Å²) in [6, 6.07) is 5.76. The third-order valence-electron chi connectivity index (χ3n) is 10.5. The first-order valence-electron chi connectivity index (χ1n) is 16.2. The average Bonchev–Trinajstić information content (AvgIpc) is 3.80. The lowest BCUT2D eigenvalue weighted by atomic mass is 9.92. The Balaban J connectivity index is 1.38. The number of thiophene rings is 1. The number of anilines is 2. The quantitative estimate of drug-likeness (QED) is 0.206. The van der Waals surface area contributed by atoms with Crippen LogP contribution in [0.15, 0.2) is 12.1 Å². The van der Waals surface area contributed by atoms with E-state index in [1.165, 1.54) is 11.0 Å². The monoisotopic (exact) mass is 711 g/mol. The van der Waals surface area contributed by atoms with Crippen LogP contribution in [0.1, 0.15) is 44.6 Å². The zero-order chi connectivity index (χ0) is 34.4. The molecule has 2 aromatic heterocycles. The summed E-state index contributed by atoms with van der Waals surface area (Å²) < 4.78 is 73.6. The normalized spacial score (nSPS) is 26.1. The SMILES string of the molecule is C[C@H]1CN2CCC[C@@]2(COc2nc3c4c(c(Cl)c(-c5ccc(F)c6sc(N)c(C#N)c56)c(F)c4n2)OC2CC(C#N)CC2N3CC(F)F)C1. The van der Waals surface area contributed by atoms with E-state index in [4.69, 9.17) is 26.8 Å². The number of hydrogen-bond donors (Lipinski definition) is 1. The number of nitriles is 2. The van der Waals surface area contributed by atoms with Gasteiger partial charge < -0.3 is 20.1 Å². The van der Waals surface area contributed by atoms with Gasteiger partial charge in [-0.05, 0) is 49.8 Å². The Kier molecular flexibility index (Phi) is 7.70. The molecule has 2 saturated heterocycles. The van der Waals surface area contributed by atoms with Gasteiger partial charge in [-0.2, -0.15) is 20.5 Å². The molecule has 4 aliphatic rings. The fourth-order valence-electron chi connectivity index (χ4n) is 8.60. The number of halogens is 5. The highest BCUT2D eigenvalue weighted by Crippen LogP contribution is 2.53. The largest absolute Gasteiger partial charge is 0.486 e. The van der Waals surface area contributed by atoms with Crippen LogP contribution in [0.25, 0.3) is 32.1 Å². The lowest BCUT2D eigenvalue weighted by Crippen LogP contribution is -2.45. The second-order valence-corrected chi connectivity index (χ2v) is 15.0. The number of rotatable bonds is 6. The van der Waals surface area contributed by atoms with Crippen molar-refractivity contribution in [3.63, 3.8) is 0 Å². The number of nitrogens with zero attached hydrogens (tertiary/aromatic N) is 6. The van der Waals surface area contributed by atoms with E-state index in [-0.39, 0.29) is 90.3 Å². The van der Waals surface area contributed by atoms with Gasteiger partial charge in [0.2, 0.25) is 0 Å². The highest BCUT2D eigenvalue weighted by Gasteiger charge is 2.49. The van der Waals surface area contributed by atoms with Crippen LogP contribution in [0.5, 0.6) is 11.8 Å². The Labute approximate surface area is 287 Å². The van der Waals surface area contributed by atoms with E-state index in [1.54, 1.807) is 0 Å². The molecule has 0 spiro atoms. The van der Waals surface area contributed by atoms with Crippen LogP contribution in [-0.4, -0.2) is 65.2 Å². The van der Waals surface area contributed by atoms with Gasteiger partial charge in [-0.25, -0.2) is 17.6 Å². The molecule has 5 heterocycles. The molecule has 4 aromatic rings. The summed E-state index contributed by atoms with van der Waals surface area (Å²) in [5, 5.41) is 19.6. The van der Waals surface area contributed by atoms with E-state index in [9.17, 15) is 19.3 Å². The molecule has 0 bridgehead atoms. The Morgan fingerprint density at radius 1 is 1.22 bits per heavy atom. The minimum Gasteiger partial charge on any atom is -0.486 e. The first kappa shape index (κ1) is 32.1. The van der Waals surface area contributed by atoms with Crippen molar-refractivity contribution in [3.8, 4) is 35.0 Å². The number of fused-ring (bicyclic) bond motifs is 3. The molecule has 254 valence electrons. The van der Waals surface area contributed by atoms with Crippen LogP contribution >= 0.6 is 22.9 Å². The molecule has 3 aliphatic heterocycles. The van der Waals surface area contributed by atoms with Crippen molar-refractivity contribution in [2.75, 3.05) is 36.9 Å². The Bertz CT molecular complexity index is 2120. The number of benzene rings is 2. The lowest BCUT2D eigenvalue weighted by molar-refractivity contribution is 0.107. The summed E-state index contributed by atoms with van der Waals surface area (Å²) in [7, 11) is 0. The third kappa shape index (κ3) is 4.94. The van der Waals surface area contributed by atoms with Crippen LogP contribution in [0.2, 0.25) is 5.02 Å². The molecule has 3 fully saturated rings. The highest BCUT2D eigenvalue weighted by molar-refractivity contribution is 7.23. The van der Waals surface area contributed by atoms with Crippen molar-refractivity contribution in [2.45, 2.75) is 63.1 Å². The first-order valence-corrected chi connectivity index (χ1v) is 17.4. The molecule has 1 aliphatic carbocycles. The standard InChI is InChI=1S/C34H30ClF4N7O2S/c1-15-9-34(5-2-6-45(34)12-15)14-47-33-43-28-25-29(48-21-8-16(10-40)7-20(21)46(13-22(37)38)32(25)44-33)26(35)24(27(28)39)17-3-4-19(36)30-23(17)18(11-41)31(42)49-30/h3-4,15-16,20-22H,2,5-9,12-14,42H2,1H3/t15-,16?,20?,21?,34+/m1/s1. The van der Waals surface area contributed by atoms with Crippen LogP contribution in [0, 0.1) is 46.1 Å². The minimum atomic E-state index is -2.80. The van der Waals surface area contributed by atoms with Gasteiger partial charge in [-0.3, -0.25) is 4.90 Å². The maximum Gasteiger partial charge on any atom is 0.319 e. The Hall–Kier alpha value is -4.11. The molecule has 0 radical (unpaired) electrons. The van der Waals surface area contributed by atoms with Gasteiger partial charge in [0, 0.05) is 23.9 Å². The summed E-state index contributed by atoms with van der Waals surface area (Å²) in [6.45, 7) is 3.51. The molecule has 2 aromatic carbocycles. The van der Waals surface area contributed by atoms with Crippen LogP contribution in [0.4, 0.5) is 28.4 Å². The summed E-state index contributed by atoms with van der Waals surface area (Å²) >= 11 is 7.89. The summed E-state index contributed by atoms with van der Waals surface area (Å²) in [6.07, 6.45) is -0.325. The second kappa shape index (κ2) is 11.8. The molecule has 1 saturated carbocycles. The van der Waals surface area contributed by atoms with Crippen molar-refractivity contribution >= 4 is 54.7 Å². The maximum absolute atomic E-state index is 17.2. The smallest absolute Gasteiger partial charge is 0.319 e. The Morgan fingerprint density at radius 2 is 2.04 bits per heavy atom. The molecule has 2 N–H and O–H groups in total. The molecule has 8 rings (SSSR count). The van der Waals surface area contributed by atoms with Gasteiger partial charge in [-0.1, -0.05) is 24.6 Å². The average molecular weight is 712 g/mol. The molecule has 0 amide bonds. The molecular weight excluding hydrogens is 682 g/mol.